The van der Waals surface area contributed by atoms with Gasteiger partial charge in [0.25, 0.3) is 5.91 Å². The number of nitrogens with zero attached hydrogens (tertiary/aromatic N) is 4. The van der Waals surface area contributed by atoms with Crippen LogP contribution in [0, 0.1) is 11.3 Å². The quantitative estimate of drug-likeness (QED) is 0.503. The normalized spacial score (nSPS) is 16.8. The molecule has 0 radical (unpaired) electrons. The molecule has 0 spiro atoms. The fourth-order valence-corrected chi connectivity index (χ4v) is 4.81. The van der Waals surface area contributed by atoms with E-state index in [-0.39, 0.29) is 23.6 Å². The molecule has 0 saturated heterocycles. The first-order valence-corrected chi connectivity index (χ1v) is 13.1. The lowest BCUT2D eigenvalue weighted by molar-refractivity contribution is -0.113. The summed E-state index contributed by atoms with van der Waals surface area (Å²) in [7, 11) is 0. The van der Waals surface area contributed by atoms with Gasteiger partial charge < -0.3 is 10.6 Å². The molecule has 178 valence electrons. The number of fused-ring (bicyclic) bond motifs is 1. The highest BCUT2D eigenvalue weighted by Crippen LogP contribution is 2.40. The molecule has 2 N–H and O–H groups in total. The molecule has 1 fully saturated rings. The summed E-state index contributed by atoms with van der Waals surface area (Å²) in [5.74, 6) is 1.24. The highest BCUT2D eigenvalue weighted by molar-refractivity contribution is 7.99. The van der Waals surface area contributed by atoms with Crippen molar-refractivity contribution in [3.8, 4) is 11.9 Å². The number of carbonyl (C=O) groups is 2. The van der Waals surface area contributed by atoms with E-state index in [1.165, 1.54) is 46.6 Å². The van der Waals surface area contributed by atoms with Crippen LogP contribution in [0.2, 0.25) is 0 Å². The minimum Gasteiger partial charge on any atom is -0.349 e. The van der Waals surface area contributed by atoms with Crippen LogP contribution >= 0.6 is 11.8 Å². The van der Waals surface area contributed by atoms with E-state index < -0.39 is 0 Å². The van der Waals surface area contributed by atoms with Gasteiger partial charge in [-0.15, -0.1) is 0 Å². The number of amides is 2. The summed E-state index contributed by atoms with van der Waals surface area (Å²) >= 11 is 1.39. The van der Waals surface area contributed by atoms with Gasteiger partial charge in [-0.1, -0.05) is 24.3 Å². The number of nitriles is 1. The summed E-state index contributed by atoms with van der Waals surface area (Å²) in [6.07, 6.45) is 8.08. The summed E-state index contributed by atoms with van der Waals surface area (Å²) < 4.78 is 1.49. The molecule has 1 aliphatic carbocycles. The smallest absolute Gasteiger partial charge is 0.257 e. The Morgan fingerprint density at radius 1 is 1.31 bits per heavy atom. The van der Waals surface area contributed by atoms with Crippen LogP contribution in [0.5, 0.6) is 0 Å². The van der Waals surface area contributed by atoms with Crippen molar-refractivity contribution in [1.82, 2.24) is 20.1 Å². The number of aryl methyl sites for hydroxylation is 1. The van der Waals surface area contributed by atoms with E-state index in [0.717, 1.165) is 12.8 Å². The third kappa shape index (κ3) is 5.08. The number of pyridine rings is 1. The minimum absolute atomic E-state index is 0.0494. The molecule has 5 rings (SSSR count). The molecule has 1 aromatic carbocycles. The zero-order valence-corrected chi connectivity index (χ0v) is 20.3. The van der Waals surface area contributed by atoms with E-state index in [1.54, 1.807) is 12.1 Å². The Morgan fingerprint density at radius 2 is 2.17 bits per heavy atom. The van der Waals surface area contributed by atoms with E-state index in [9.17, 15) is 9.59 Å². The Labute approximate surface area is 208 Å². The molecular weight excluding hydrogens is 460 g/mol. The summed E-state index contributed by atoms with van der Waals surface area (Å²) in [6.45, 7) is 0. The van der Waals surface area contributed by atoms with Crippen molar-refractivity contribution in [3.05, 3.63) is 70.5 Å². The highest BCUT2D eigenvalue weighted by Gasteiger charge is 2.33. The van der Waals surface area contributed by atoms with Crippen LogP contribution in [-0.4, -0.2) is 44.6 Å². The number of anilines is 1. The number of aromatic nitrogens is 3. The van der Waals surface area contributed by atoms with Gasteiger partial charge in [0.2, 0.25) is 5.91 Å². The van der Waals surface area contributed by atoms with Crippen molar-refractivity contribution < 1.29 is 9.59 Å². The van der Waals surface area contributed by atoms with Gasteiger partial charge in [-0.05, 0) is 61.1 Å². The predicted octanol–water partition coefficient (Wildman–Crippen LogP) is 3.61. The molecule has 0 bridgehead atoms. The fraction of sp³-hybridized carbons (Fsp3) is 0.346. The fourth-order valence-electron chi connectivity index (χ4n) is 4.48. The molecule has 35 heavy (non-hydrogen) atoms. The maximum Gasteiger partial charge on any atom is 0.257 e. The topological polar surface area (TPSA) is 113 Å². The number of rotatable bonds is 8. The average Bonchev–Trinajstić information content (AvgIpc) is 3.66. The van der Waals surface area contributed by atoms with Crippen LogP contribution in [0.25, 0.3) is 5.82 Å². The third-order valence-corrected chi connectivity index (χ3v) is 6.92. The average molecular weight is 487 g/mol. The summed E-state index contributed by atoms with van der Waals surface area (Å²) in [4.78, 5) is 29.9. The second-order valence-corrected chi connectivity index (χ2v) is 9.88. The van der Waals surface area contributed by atoms with Crippen molar-refractivity contribution in [2.75, 3.05) is 17.3 Å². The van der Waals surface area contributed by atoms with Crippen molar-refractivity contribution in [1.29, 1.82) is 5.26 Å². The predicted molar refractivity (Wildman–Crippen MR) is 135 cm³/mol. The molecule has 2 aromatic heterocycles. The first-order valence-electron chi connectivity index (χ1n) is 11.7. The van der Waals surface area contributed by atoms with E-state index in [1.807, 2.05) is 12.3 Å². The molecule has 3 aromatic rings. The monoisotopic (exact) mass is 486 g/mol. The van der Waals surface area contributed by atoms with Crippen LogP contribution in [-0.2, 0) is 17.6 Å². The van der Waals surface area contributed by atoms with Gasteiger partial charge in [0, 0.05) is 18.7 Å². The SMILES string of the molecule is CSCC(=O)Nc1c2c(nn1-c1ccc(C#N)cn1)CC(CCc1cccc(C3CC3)c1)NC2=O. The Kier molecular flexibility index (Phi) is 6.55. The zero-order valence-electron chi connectivity index (χ0n) is 19.5. The third-order valence-electron chi connectivity index (χ3n) is 6.37. The maximum atomic E-state index is 13.2. The number of hydrogen-bond donors (Lipinski definition) is 2. The Morgan fingerprint density at radius 3 is 2.89 bits per heavy atom. The standard InChI is InChI=1S/C26H26N6O2S/c1-35-15-23(33)30-25-24-21(31-32(25)22-10-6-17(13-27)14-28-22)12-20(29-26(24)34)9-5-16-3-2-4-19(11-16)18-7-8-18/h2-4,6,10-11,14,18,20H,5,7-9,12,15H2,1H3,(H,29,34)(H,30,33). The second kappa shape index (κ2) is 9.92. The zero-order chi connectivity index (χ0) is 24.4. The van der Waals surface area contributed by atoms with E-state index in [4.69, 9.17) is 5.26 Å². The van der Waals surface area contributed by atoms with Gasteiger partial charge in [0.05, 0.1) is 17.0 Å². The van der Waals surface area contributed by atoms with E-state index in [0.29, 0.717) is 40.8 Å². The van der Waals surface area contributed by atoms with Gasteiger partial charge in [0.15, 0.2) is 11.6 Å². The lowest BCUT2D eigenvalue weighted by atomic mass is 9.95. The summed E-state index contributed by atoms with van der Waals surface area (Å²) in [6, 6.07) is 14.0. The van der Waals surface area contributed by atoms with Crippen LogP contribution < -0.4 is 10.6 Å². The second-order valence-electron chi connectivity index (χ2n) is 9.01. The Hall–Kier alpha value is -3.64. The van der Waals surface area contributed by atoms with E-state index in [2.05, 4.69) is 45.0 Å². The van der Waals surface area contributed by atoms with Crippen molar-refractivity contribution in [2.45, 2.75) is 44.1 Å². The van der Waals surface area contributed by atoms with Gasteiger partial charge in [-0.2, -0.15) is 26.8 Å². The van der Waals surface area contributed by atoms with Gasteiger partial charge in [0.1, 0.15) is 11.6 Å². The van der Waals surface area contributed by atoms with Crippen LogP contribution in [0.15, 0.2) is 42.6 Å². The van der Waals surface area contributed by atoms with Crippen LogP contribution in [0.1, 0.15) is 57.9 Å². The molecule has 2 amide bonds. The number of benzene rings is 1. The van der Waals surface area contributed by atoms with Gasteiger partial charge in [-0.25, -0.2) is 4.98 Å². The lowest BCUT2D eigenvalue weighted by Crippen LogP contribution is -2.41. The molecule has 1 aliphatic heterocycles. The minimum atomic E-state index is -0.248. The maximum absolute atomic E-state index is 13.2. The Balaban J connectivity index is 1.39. The molecule has 1 atom stereocenters. The molecule has 3 heterocycles. The van der Waals surface area contributed by atoms with Crippen molar-refractivity contribution in [2.24, 2.45) is 0 Å². The molecular formula is C26H26N6O2S. The van der Waals surface area contributed by atoms with Crippen molar-refractivity contribution in [3.63, 3.8) is 0 Å². The van der Waals surface area contributed by atoms with Crippen molar-refractivity contribution >= 4 is 29.4 Å². The lowest BCUT2D eigenvalue weighted by Gasteiger charge is -2.23. The van der Waals surface area contributed by atoms with Crippen LogP contribution in [0.4, 0.5) is 5.82 Å². The first-order chi connectivity index (χ1) is 17.1. The molecule has 8 nitrogen and oxygen atoms in total. The van der Waals surface area contributed by atoms with Crippen LogP contribution in [0.3, 0.4) is 0 Å². The van der Waals surface area contributed by atoms with Gasteiger partial charge in [-0.3, -0.25) is 9.59 Å². The largest absolute Gasteiger partial charge is 0.349 e. The first kappa shape index (κ1) is 23.1. The summed E-state index contributed by atoms with van der Waals surface area (Å²) in [5, 5.41) is 19.7. The highest BCUT2D eigenvalue weighted by atomic mass is 32.2. The molecule has 2 aliphatic rings. The molecule has 9 heteroatoms. The molecule has 1 saturated carbocycles. The Bertz CT molecular complexity index is 1310. The number of nitrogens with one attached hydrogen (secondary N) is 2. The van der Waals surface area contributed by atoms with Gasteiger partial charge >= 0.3 is 0 Å². The summed E-state index contributed by atoms with van der Waals surface area (Å²) in [5.41, 5.74) is 4.12. The molecule has 1 unspecified atom stereocenters. The number of thioether (sulfide) groups is 1. The number of carbonyl (C=O) groups excluding carboxylic acids is 2. The van der Waals surface area contributed by atoms with E-state index >= 15 is 0 Å². The number of hydrogen-bond acceptors (Lipinski definition) is 6.